The van der Waals surface area contributed by atoms with E-state index in [-0.39, 0.29) is 5.56 Å². The van der Waals surface area contributed by atoms with Crippen LogP contribution in [0.1, 0.15) is 21.5 Å². The zero-order chi connectivity index (χ0) is 20.7. The number of esters is 1. The van der Waals surface area contributed by atoms with Gasteiger partial charge in [-0.25, -0.2) is 4.79 Å². The van der Waals surface area contributed by atoms with Crippen LogP contribution in [0.5, 0.6) is 11.5 Å². The summed E-state index contributed by atoms with van der Waals surface area (Å²) in [4.78, 5) is 24.0. The highest BCUT2D eigenvalue weighted by Gasteiger charge is 2.29. The van der Waals surface area contributed by atoms with Gasteiger partial charge in [0.25, 0.3) is 0 Å². The molecular weight excluding hydrogens is 377 g/mol. The first kappa shape index (κ1) is 21.0. The molecule has 2 aromatic rings. The van der Waals surface area contributed by atoms with E-state index in [1.165, 1.54) is 38.5 Å². The summed E-state index contributed by atoms with van der Waals surface area (Å²) in [6, 6.07) is 8.89. The molecule has 0 amide bonds. The smallest absolute Gasteiger partial charge is 0.416 e. The van der Waals surface area contributed by atoms with Crippen molar-refractivity contribution in [2.45, 2.75) is 6.18 Å². The highest BCUT2D eigenvalue weighted by atomic mass is 19.4. The highest BCUT2D eigenvalue weighted by Crippen LogP contribution is 2.29. The molecule has 0 radical (unpaired) electrons. The molecule has 0 unspecified atom stereocenters. The minimum Gasteiger partial charge on any atom is -0.497 e. The molecule has 0 bridgehead atoms. The molecule has 28 heavy (non-hydrogen) atoms. The molecule has 0 saturated heterocycles. The number of benzene rings is 2. The van der Waals surface area contributed by atoms with E-state index in [1.54, 1.807) is 12.1 Å². The Morgan fingerprint density at radius 3 is 2.25 bits per heavy atom. The van der Waals surface area contributed by atoms with Crippen molar-refractivity contribution in [1.29, 1.82) is 0 Å². The number of alkyl halides is 3. The Hall–Kier alpha value is -3.29. The Labute approximate surface area is 159 Å². The normalized spacial score (nSPS) is 11.3. The van der Waals surface area contributed by atoms with Crippen LogP contribution in [-0.4, -0.2) is 32.6 Å². The lowest BCUT2D eigenvalue weighted by Crippen LogP contribution is -2.13. The third-order valence-corrected chi connectivity index (χ3v) is 3.70. The molecule has 0 atom stereocenters. The fourth-order valence-corrected chi connectivity index (χ4v) is 2.24. The Kier molecular flexibility index (Phi) is 6.81. The SMILES string of the molecule is COc1ccc(OC)c(C(=O)COC(=O)/C=C/c2ccc(C(F)(F)F)cc2)c1. The van der Waals surface area contributed by atoms with E-state index in [4.69, 9.17) is 14.2 Å². The van der Waals surface area contributed by atoms with E-state index < -0.39 is 30.1 Å². The second kappa shape index (κ2) is 9.07. The fraction of sp³-hybridized carbons (Fsp3) is 0.200. The Balaban J connectivity index is 1.97. The standard InChI is InChI=1S/C20H17F3O5/c1-26-15-8-9-18(27-2)16(11-15)17(24)12-28-19(25)10-5-13-3-6-14(7-4-13)20(21,22)23/h3-11H,12H2,1-2H3/b10-5+. The van der Waals surface area contributed by atoms with Crippen molar-refractivity contribution in [3.63, 3.8) is 0 Å². The summed E-state index contributed by atoms with van der Waals surface area (Å²) in [5.41, 5.74) is -0.211. The highest BCUT2D eigenvalue weighted by molar-refractivity contribution is 6.01. The third-order valence-electron chi connectivity index (χ3n) is 3.70. The topological polar surface area (TPSA) is 61.8 Å². The van der Waals surface area contributed by atoms with Crippen molar-refractivity contribution in [3.8, 4) is 11.5 Å². The molecule has 0 saturated carbocycles. The number of hydrogen-bond acceptors (Lipinski definition) is 5. The maximum Gasteiger partial charge on any atom is 0.416 e. The molecule has 0 aromatic heterocycles. The van der Waals surface area contributed by atoms with Crippen LogP contribution >= 0.6 is 0 Å². The molecule has 5 nitrogen and oxygen atoms in total. The number of carbonyl (C=O) groups excluding carboxylic acids is 2. The average molecular weight is 394 g/mol. The van der Waals surface area contributed by atoms with Gasteiger partial charge in [-0.2, -0.15) is 13.2 Å². The van der Waals surface area contributed by atoms with Gasteiger partial charge in [-0.05, 0) is 42.0 Å². The quantitative estimate of drug-likeness (QED) is 0.401. The van der Waals surface area contributed by atoms with Gasteiger partial charge in [-0.1, -0.05) is 12.1 Å². The second-order valence-electron chi connectivity index (χ2n) is 5.55. The minimum atomic E-state index is -4.43. The largest absolute Gasteiger partial charge is 0.497 e. The van der Waals surface area contributed by atoms with Crippen molar-refractivity contribution < 1.29 is 37.0 Å². The van der Waals surface area contributed by atoms with Crippen LogP contribution in [0.2, 0.25) is 0 Å². The molecule has 0 heterocycles. The molecule has 0 spiro atoms. The molecule has 2 aromatic carbocycles. The Morgan fingerprint density at radius 2 is 1.68 bits per heavy atom. The number of halogens is 3. The number of rotatable bonds is 7. The number of Topliss-reactive ketones (excluding diaryl/α,β-unsaturated/α-hetero) is 1. The Bertz CT molecular complexity index is 870. The van der Waals surface area contributed by atoms with E-state index in [1.807, 2.05) is 0 Å². The van der Waals surface area contributed by atoms with E-state index >= 15 is 0 Å². The van der Waals surface area contributed by atoms with Gasteiger partial charge in [-0.15, -0.1) is 0 Å². The van der Waals surface area contributed by atoms with Gasteiger partial charge in [0.15, 0.2) is 6.61 Å². The number of hydrogen-bond donors (Lipinski definition) is 0. The minimum absolute atomic E-state index is 0.196. The fourth-order valence-electron chi connectivity index (χ4n) is 2.24. The zero-order valence-electron chi connectivity index (χ0n) is 15.1. The number of ketones is 1. The van der Waals surface area contributed by atoms with Crippen LogP contribution < -0.4 is 9.47 Å². The van der Waals surface area contributed by atoms with Crippen LogP contribution in [-0.2, 0) is 15.7 Å². The molecule has 0 aliphatic heterocycles. The lowest BCUT2D eigenvalue weighted by molar-refractivity contribution is -0.138. The van der Waals surface area contributed by atoms with Crippen molar-refractivity contribution in [2.75, 3.05) is 20.8 Å². The predicted molar refractivity (Wildman–Crippen MR) is 95.3 cm³/mol. The Morgan fingerprint density at radius 1 is 1.00 bits per heavy atom. The number of ether oxygens (including phenoxy) is 3. The summed E-state index contributed by atoms with van der Waals surface area (Å²) in [7, 11) is 2.85. The van der Waals surface area contributed by atoms with E-state index in [2.05, 4.69) is 0 Å². The zero-order valence-corrected chi connectivity index (χ0v) is 15.1. The second-order valence-corrected chi connectivity index (χ2v) is 5.55. The average Bonchev–Trinajstić information content (AvgIpc) is 2.69. The maximum absolute atomic E-state index is 12.5. The lowest BCUT2D eigenvalue weighted by Gasteiger charge is -2.09. The molecule has 8 heteroatoms. The monoisotopic (exact) mass is 394 g/mol. The molecule has 0 N–H and O–H groups in total. The summed E-state index contributed by atoms with van der Waals surface area (Å²) in [6.45, 7) is -0.528. The first-order chi connectivity index (χ1) is 13.2. The van der Waals surface area contributed by atoms with Gasteiger partial charge in [0, 0.05) is 6.08 Å². The van der Waals surface area contributed by atoms with E-state index in [9.17, 15) is 22.8 Å². The van der Waals surface area contributed by atoms with Crippen LogP contribution in [0.3, 0.4) is 0 Å². The van der Waals surface area contributed by atoms with E-state index in [0.717, 1.165) is 18.2 Å². The molecule has 148 valence electrons. The van der Waals surface area contributed by atoms with Gasteiger partial charge < -0.3 is 14.2 Å². The number of methoxy groups -OCH3 is 2. The maximum atomic E-state index is 12.5. The van der Waals surface area contributed by atoms with Crippen molar-refractivity contribution in [2.24, 2.45) is 0 Å². The molecule has 2 rings (SSSR count). The molecule has 0 fully saturated rings. The summed E-state index contributed by atoms with van der Waals surface area (Å²) >= 11 is 0. The van der Waals surface area contributed by atoms with Crippen LogP contribution in [0.25, 0.3) is 6.08 Å². The molecular formula is C20H17F3O5. The van der Waals surface area contributed by atoms with Crippen LogP contribution in [0, 0.1) is 0 Å². The van der Waals surface area contributed by atoms with E-state index in [0.29, 0.717) is 17.1 Å². The predicted octanol–water partition coefficient (Wildman–Crippen LogP) is 4.16. The summed E-state index contributed by atoms with van der Waals surface area (Å²) in [5, 5.41) is 0. The van der Waals surface area contributed by atoms with Gasteiger partial charge in [0.05, 0.1) is 25.3 Å². The summed E-state index contributed by atoms with van der Waals surface area (Å²) in [5.74, 6) is -0.554. The van der Waals surface area contributed by atoms with Gasteiger partial charge in [-0.3, -0.25) is 4.79 Å². The van der Waals surface area contributed by atoms with Crippen LogP contribution in [0.4, 0.5) is 13.2 Å². The first-order valence-corrected chi connectivity index (χ1v) is 8.02. The van der Waals surface area contributed by atoms with Crippen molar-refractivity contribution >= 4 is 17.8 Å². The van der Waals surface area contributed by atoms with Gasteiger partial charge in [0.2, 0.25) is 5.78 Å². The van der Waals surface area contributed by atoms with Gasteiger partial charge >= 0.3 is 12.1 Å². The van der Waals surface area contributed by atoms with Crippen LogP contribution in [0.15, 0.2) is 48.5 Å². The lowest BCUT2D eigenvalue weighted by atomic mass is 10.1. The third kappa shape index (κ3) is 5.60. The number of carbonyl (C=O) groups is 2. The summed E-state index contributed by atoms with van der Waals surface area (Å²) < 4.78 is 52.6. The van der Waals surface area contributed by atoms with Crippen molar-refractivity contribution in [1.82, 2.24) is 0 Å². The van der Waals surface area contributed by atoms with Crippen molar-refractivity contribution in [3.05, 3.63) is 65.2 Å². The first-order valence-electron chi connectivity index (χ1n) is 8.02. The summed E-state index contributed by atoms with van der Waals surface area (Å²) in [6.07, 6.45) is -2.11. The molecule has 0 aliphatic rings. The van der Waals surface area contributed by atoms with Gasteiger partial charge in [0.1, 0.15) is 11.5 Å². The molecule has 0 aliphatic carbocycles.